The maximum Gasteiger partial charge on any atom is 0.407 e. The van der Waals surface area contributed by atoms with E-state index in [-0.39, 0.29) is 12.1 Å². The maximum absolute atomic E-state index is 11.6. The van der Waals surface area contributed by atoms with E-state index in [1.807, 2.05) is 39.0 Å². The van der Waals surface area contributed by atoms with Crippen LogP contribution in [0.15, 0.2) is 18.2 Å². The summed E-state index contributed by atoms with van der Waals surface area (Å²) in [6.07, 6.45) is -0.439. The second-order valence-corrected chi connectivity index (χ2v) is 5.29. The number of hydrogen-bond donors (Lipinski definition) is 2. The third-order valence-electron chi connectivity index (χ3n) is 2.47. The molecule has 0 radical (unpaired) electrons. The Morgan fingerprint density at radius 1 is 1.32 bits per heavy atom. The van der Waals surface area contributed by atoms with Crippen LogP contribution in [0, 0.1) is 0 Å². The predicted octanol–water partition coefficient (Wildman–Crippen LogP) is 2.18. The fourth-order valence-electron chi connectivity index (χ4n) is 1.55. The van der Waals surface area contributed by atoms with Crippen molar-refractivity contribution in [2.24, 2.45) is 5.73 Å². The SMILES string of the molecule is COc1ccc(COC(=O)NC(C)(C)C)c(CN)c1. The highest BCUT2D eigenvalue weighted by molar-refractivity contribution is 5.68. The zero-order chi connectivity index (χ0) is 14.5. The molecule has 0 fully saturated rings. The molecule has 0 aromatic heterocycles. The van der Waals surface area contributed by atoms with Crippen LogP contribution < -0.4 is 15.8 Å². The lowest BCUT2D eigenvalue weighted by molar-refractivity contribution is 0.131. The molecule has 0 heterocycles. The molecule has 0 bridgehead atoms. The summed E-state index contributed by atoms with van der Waals surface area (Å²) in [5.74, 6) is 0.739. The average Bonchev–Trinajstić information content (AvgIpc) is 2.34. The van der Waals surface area contributed by atoms with E-state index >= 15 is 0 Å². The van der Waals surface area contributed by atoms with Crippen molar-refractivity contribution in [2.75, 3.05) is 7.11 Å². The second-order valence-electron chi connectivity index (χ2n) is 5.29. The summed E-state index contributed by atoms with van der Waals surface area (Å²) in [4.78, 5) is 11.6. The van der Waals surface area contributed by atoms with E-state index < -0.39 is 6.09 Å². The fraction of sp³-hybridized carbons (Fsp3) is 0.500. The van der Waals surface area contributed by atoms with Gasteiger partial charge in [0, 0.05) is 12.1 Å². The number of alkyl carbamates (subject to hydrolysis) is 1. The Morgan fingerprint density at radius 2 is 2.00 bits per heavy atom. The summed E-state index contributed by atoms with van der Waals surface area (Å²) in [6, 6.07) is 5.52. The quantitative estimate of drug-likeness (QED) is 0.876. The van der Waals surface area contributed by atoms with Gasteiger partial charge in [0.2, 0.25) is 0 Å². The van der Waals surface area contributed by atoms with E-state index in [9.17, 15) is 4.79 Å². The summed E-state index contributed by atoms with van der Waals surface area (Å²) in [5.41, 5.74) is 7.15. The zero-order valence-corrected chi connectivity index (χ0v) is 11.9. The first-order valence-corrected chi connectivity index (χ1v) is 6.16. The number of rotatable bonds is 4. The number of nitrogens with two attached hydrogens (primary N) is 1. The van der Waals surface area contributed by atoms with Crippen LogP contribution in [0.4, 0.5) is 4.79 Å². The average molecular weight is 266 g/mol. The lowest BCUT2D eigenvalue weighted by Gasteiger charge is -2.20. The van der Waals surface area contributed by atoms with Crippen molar-refractivity contribution in [3.63, 3.8) is 0 Å². The molecule has 0 aliphatic heterocycles. The molecule has 3 N–H and O–H groups in total. The molecule has 0 spiro atoms. The number of carbonyl (C=O) groups is 1. The van der Waals surface area contributed by atoms with Gasteiger partial charge in [-0.05, 0) is 44.0 Å². The van der Waals surface area contributed by atoms with Crippen LogP contribution in [0.5, 0.6) is 5.75 Å². The smallest absolute Gasteiger partial charge is 0.407 e. The van der Waals surface area contributed by atoms with Gasteiger partial charge in [0.15, 0.2) is 0 Å². The van der Waals surface area contributed by atoms with Gasteiger partial charge < -0.3 is 20.5 Å². The Balaban J connectivity index is 2.65. The molecule has 0 saturated heterocycles. The first kappa shape index (κ1) is 15.3. The number of hydrogen-bond acceptors (Lipinski definition) is 4. The van der Waals surface area contributed by atoms with Gasteiger partial charge in [0.1, 0.15) is 12.4 Å². The topological polar surface area (TPSA) is 73.6 Å². The molecular weight excluding hydrogens is 244 g/mol. The van der Waals surface area contributed by atoms with Crippen molar-refractivity contribution in [2.45, 2.75) is 39.5 Å². The van der Waals surface area contributed by atoms with Crippen LogP contribution in [-0.2, 0) is 17.9 Å². The molecule has 1 rings (SSSR count). The summed E-state index contributed by atoms with van der Waals surface area (Å²) in [7, 11) is 1.60. The molecule has 0 aliphatic rings. The van der Waals surface area contributed by atoms with Crippen molar-refractivity contribution >= 4 is 6.09 Å². The van der Waals surface area contributed by atoms with Gasteiger partial charge >= 0.3 is 6.09 Å². The normalized spacial score (nSPS) is 11.0. The highest BCUT2D eigenvalue weighted by Gasteiger charge is 2.15. The van der Waals surface area contributed by atoms with Gasteiger partial charge in [-0.15, -0.1) is 0 Å². The molecule has 1 aromatic rings. The van der Waals surface area contributed by atoms with Gasteiger partial charge in [0.25, 0.3) is 0 Å². The van der Waals surface area contributed by atoms with Crippen molar-refractivity contribution in [1.82, 2.24) is 5.32 Å². The maximum atomic E-state index is 11.6. The molecule has 0 atom stereocenters. The summed E-state index contributed by atoms with van der Waals surface area (Å²) >= 11 is 0. The molecule has 5 heteroatoms. The molecule has 0 saturated carbocycles. The van der Waals surface area contributed by atoms with Crippen LogP contribution >= 0.6 is 0 Å². The molecule has 0 unspecified atom stereocenters. The number of ether oxygens (including phenoxy) is 2. The molecular formula is C14H22N2O3. The zero-order valence-electron chi connectivity index (χ0n) is 11.9. The lowest BCUT2D eigenvalue weighted by Crippen LogP contribution is -2.40. The fourth-order valence-corrected chi connectivity index (χ4v) is 1.55. The summed E-state index contributed by atoms with van der Waals surface area (Å²) in [5, 5.41) is 2.73. The number of amides is 1. The summed E-state index contributed by atoms with van der Waals surface area (Å²) in [6.45, 7) is 6.25. The molecule has 1 aromatic carbocycles. The van der Waals surface area contributed by atoms with Crippen LogP contribution in [0.25, 0.3) is 0 Å². The predicted molar refractivity (Wildman–Crippen MR) is 74.0 cm³/mol. The van der Waals surface area contributed by atoms with Crippen molar-refractivity contribution in [3.8, 4) is 5.75 Å². The number of benzene rings is 1. The van der Waals surface area contributed by atoms with Gasteiger partial charge in [-0.3, -0.25) is 0 Å². The minimum atomic E-state index is -0.439. The van der Waals surface area contributed by atoms with Crippen LogP contribution in [0.3, 0.4) is 0 Å². The Hall–Kier alpha value is -1.75. The van der Waals surface area contributed by atoms with Gasteiger partial charge in [-0.2, -0.15) is 0 Å². The Labute approximate surface area is 114 Å². The van der Waals surface area contributed by atoms with E-state index in [1.54, 1.807) is 7.11 Å². The molecule has 5 nitrogen and oxygen atoms in total. The lowest BCUT2D eigenvalue weighted by atomic mass is 10.1. The number of nitrogens with one attached hydrogen (secondary N) is 1. The largest absolute Gasteiger partial charge is 0.497 e. The third-order valence-corrected chi connectivity index (χ3v) is 2.47. The third kappa shape index (κ3) is 5.18. The Kier molecular flexibility index (Phi) is 5.18. The van der Waals surface area contributed by atoms with Crippen molar-refractivity contribution < 1.29 is 14.3 Å². The first-order valence-electron chi connectivity index (χ1n) is 6.16. The van der Waals surface area contributed by atoms with Crippen molar-refractivity contribution in [3.05, 3.63) is 29.3 Å². The standard InChI is InChI=1S/C14H22N2O3/c1-14(2,3)16-13(17)19-9-10-5-6-12(18-4)7-11(10)8-15/h5-7H,8-9,15H2,1-4H3,(H,16,17). The van der Waals surface area contributed by atoms with E-state index in [2.05, 4.69) is 5.32 Å². The van der Waals surface area contributed by atoms with Crippen molar-refractivity contribution in [1.29, 1.82) is 0 Å². The van der Waals surface area contributed by atoms with Gasteiger partial charge in [-0.25, -0.2) is 4.79 Å². The van der Waals surface area contributed by atoms with E-state index in [4.69, 9.17) is 15.2 Å². The van der Waals surface area contributed by atoms with Crippen LogP contribution in [-0.4, -0.2) is 18.7 Å². The highest BCUT2D eigenvalue weighted by atomic mass is 16.5. The molecule has 0 aliphatic carbocycles. The van der Waals surface area contributed by atoms with Gasteiger partial charge in [-0.1, -0.05) is 6.07 Å². The number of carbonyl (C=O) groups excluding carboxylic acids is 1. The Bertz CT molecular complexity index is 439. The van der Waals surface area contributed by atoms with Crippen LogP contribution in [0.2, 0.25) is 0 Å². The minimum absolute atomic E-state index is 0.193. The van der Waals surface area contributed by atoms with Gasteiger partial charge in [0.05, 0.1) is 7.11 Å². The van der Waals surface area contributed by atoms with E-state index in [0.717, 1.165) is 16.9 Å². The molecule has 1 amide bonds. The summed E-state index contributed by atoms with van der Waals surface area (Å²) < 4.78 is 10.3. The molecule has 106 valence electrons. The van der Waals surface area contributed by atoms with E-state index in [1.165, 1.54) is 0 Å². The highest BCUT2D eigenvalue weighted by Crippen LogP contribution is 2.18. The Morgan fingerprint density at radius 3 is 2.53 bits per heavy atom. The molecule has 19 heavy (non-hydrogen) atoms. The van der Waals surface area contributed by atoms with E-state index in [0.29, 0.717) is 6.54 Å². The monoisotopic (exact) mass is 266 g/mol. The number of methoxy groups -OCH3 is 1. The second kappa shape index (κ2) is 6.43. The minimum Gasteiger partial charge on any atom is -0.497 e. The van der Waals surface area contributed by atoms with Crippen LogP contribution in [0.1, 0.15) is 31.9 Å². The first-order chi connectivity index (χ1) is 8.85.